The van der Waals surface area contributed by atoms with Gasteiger partial charge in [0, 0.05) is 0 Å². The first-order valence-electron chi connectivity index (χ1n) is 4.87. The van der Waals surface area contributed by atoms with Gasteiger partial charge in [-0.3, -0.25) is 4.84 Å². The Bertz CT molecular complexity index is 605. The van der Waals surface area contributed by atoms with Crippen molar-refractivity contribution in [2.75, 3.05) is 6.61 Å². The van der Waals surface area contributed by atoms with Gasteiger partial charge in [-0.25, -0.2) is 8.42 Å². The van der Waals surface area contributed by atoms with E-state index in [9.17, 15) is 21.6 Å². The second kappa shape index (κ2) is 5.56. The van der Waals surface area contributed by atoms with Crippen molar-refractivity contribution < 1.29 is 26.4 Å². The molecule has 0 aliphatic rings. The van der Waals surface area contributed by atoms with Crippen molar-refractivity contribution in [1.82, 2.24) is 4.89 Å². The average Bonchev–Trinajstić information content (AvgIpc) is 2.27. The Morgan fingerprint density at radius 1 is 1.42 bits per heavy atom. The highest BCUT2D eigenvalue weighted by Crippen LogP contribution is 2.18. The van der Waals surface area contributed by atoms with Crippen molar-refractivity contribution in [2.24, 2.45) is 0 Å². The molecule has 1 aromatic carbocycles. The fraction of sp³-hybridized carbons (Fsp3) is 0.300. The van der Waals surface area contributed by atoms with Crippen LogP contribution < -0.4 is 4.89 Å². The monoisotopic (exact) mass is 294 g/mol. The Kier molecular flexibility index (Phi) is 4.52. The number of sulfonamides is 1. The third-order valence-electron chi connectivity index (χ3n) is 2.01. The number of aryl methyl sites for hydroxylation is 1. The first kappa shape index (κ1) is 15.4. The molecular weight excluding hydrogens is 285 g/mol. The molecule has 0 aromatic heterocycles. The number of benzene rings is 1. The summed E-state index contributed by atoms with van der Waals surface area (Å²) < 4.78 is 58.9. The lowest BCUT2D eigenvalue weighted by Gasteiger charge is -2.11. The first-order chi connectivity index (χ1) is 8.65. The van der Waals surface area contributed by atoms with E-state index in [2.05, 4.69) is 4.84 Å². The minimum absolute atomic E-state index is 0.0711. The maximum absolute atomic E-state index is 11.8. The summed E-state index contributed by atoms with van der Waals surface area (Å²) in [6.07, 6.45) is -4.65. The summed E-state index contributed by atoms with van der Waals surface area (Å²) in [5.74, 6) is 0. The second-order valence-electron chi connectivity index (χ2n) is 3.58. The Balaban J connectivity index is 2.92. The largest absolute Gasteiger partial charge is 0.413 e. The normalized spacial score (nSPS) is 12.2. The molecule has 9 heteroatoms. The Morgan fingerprint density at radius 2 is 2.05 bits per heavy atom. The van der Waals surface area contributed by atoms with Crippen LogP contribution in [0.4, 0.5) is 13.2 Å². The van der Waals surface area contributed by atoms with Crippen LogP contribution in [-0.4, -0.2) is 21.2 Å². The smallest absolute Gasteiger partial charge is 0.277 e. The lowest BCUT2D eigenvalue weighted by Crippen LogP contribution is -2.30. The standard InChI is InChI=1S/C10H9F3N2O3S/c1-7-2-3-8(5-14)4-9(7)19(16,17)15-18-6-10(11,12)13/h2-4,15H,6H2,1H3. The van der Waals surface area contributed by atoms with Crippen molar-refractivity contribution >= 4 is 10.0 Å². The van der Waals surface area contributed by atoms with Crippen LogP contribution in [-0.2, 0) is 14.9 Å². The molecule has 0 fully saturated rings. The van der Waals surface area contributed by atoms with Crippen LogP contribution >= 0.6 is 0 Å². The zero-order valence-corrected chi connectivity index (χ0v) is 10.5. The SMILES string of the molecule is Cc1ccc(C#N)cc1S(=O)(=O)NOCC(F)(F)F. The first-order valence-corrected chi connectivity index (χ1v) is 6.35. The molecule has 0 aliphatic heterocycles. The molecule has 0 unspecified atom stereocenters. The van der Waals surface area contributed by atoms with Gasteiger partial charge in [0.15, 0.2) is 6.61 Å². The molecule has 1 aromatic rings. The number of nitriles is 1. The molecule has 1 rings (SSSR count). The quantitative estimate of drug-likeness (QED) is 0.856. The van der Waals surface area contributed by atoms with Gasteiger partial charge in [0.2, 0.25) is 0 Å². The summed E-state index contributed by atoms with van der Waals surface area (Å²) in [5.41, 5.74) is 0.351. The highest BCUT2D eigenvalue weighted by Gasteiger charge is 2.29. The maximum atomic E-state index is 11.8. The third kappa shape index (κ3) is 4.51. The van der Waals surface area contributed by atoms with Crippen molar-refractivity contribution in [1.29, 1.82) is 5.26 Å². The van der Waals surface area contributed by atoms with Gasteiger partial charge in [-0.1, -0.05) is 11.0 Å². The molecule has 0 saturated heterocycles. The zero-order chi connectivity index (χ0) is 14.7. The zero-order valence-electron chi connectivity index (χ0n) is 9.65. The van der Waals surface area contributed by atoms with Crippen molar-refractivity contribution in [3.63, 3.8) is 0 Å². The number of hydrogen-bond acceptors (Lipinski definition) is 4. The highest BCUT2D eigenvalue weighted by atomic mass is 32.2. The van der Waals surface area contributed by atoms with E-state index in [0.29, 0.717) is 0 Å². The fourth-order valence-corrected chi connectivity index (χ4v) is 2.27. The third-order valence-corrected chi connectivity index (χ3v) is 3.37. The predicted molar refractivity (Wildman–Crippen MR) is 58.2 cm³/mol. The van der Waals surface area contributed by atoms with Crippen LogP contribution in [0.5, 0.6) is 0 Å². The molecule has 0 bridgehead atoms. The van der Waals surface area contributed by atoms with Crippen molar-refractivity contribution in [2.45, 2.75) is 18.0 Å². The maximum Gasteiger partial charge on any atom is 0.413 e. The van der Waals surface area contributed by atoms with E-state index in [1.165, 1.54) is 23.9 Å². The lowest BCUT2D eigenvalue weighted by molar-refractivity contribution is -0.181. The summed E-state index contributed by atoms with van der Waals surface area (Å²) in [6, 6.07) is 5.55. The van der Waals surface area contributed by atoms with Crippen LogP contribution in [0.25, 0.3) is 0 Å². The fourth-order valence-electron chi connectivity index (χ4n) is 1.19. The topological polar surface area (TPSA) is 79.2 Å². The molecule has 19 heavy (non-hydrogen) atoms. The summed E-state index contributed by atoms with van der Waals surface area (Å²) in [5, 5.41) is 8.66. The minimum Gasteiger partial charge on any atom is -0.277 e. The molecule has 0 aliphatic carbocycles. The molecule has 1 N–H and O–H groups in total. The van der Waals surface area contributed by atoms with E-state index in [1.807, 2.05) is 0 Å². The lowest BCUT2D eigenvalue weighted by atomic mass is 10.2. The summed E-state index contributed by atoms with van der Waals surface area (Å²) in [7, 11) is -4.27. The van der Waals surface area contributed by atoms with Gasteiger partial charge in [-0.05, 0) is 24.6 Å². The molecule has 104 valence electrons. The van der Waals surface area contributed by atoms with Crippen LogP contribution in [0.1, 0.15) is 11.1 Å². The van der Waals surface area contributed by atoms with Gasteiger partial charge in [0.05, 0.1) is 16.5 Å². The number of halogens is 3. The van der Waals surface area contributed by atoms with E-state index in [-0.39, 0.29) is 16.0 Å². The van der Waals surface area contributed by atoms with E-state index in [1.54, 1.807) is 6.07 Å². The van der Waals surface area contributed by atoms with E-state index < -0.39 is 22.8 Å². The summed E-state index contributed by atoms with van der Waals surface area (Å²) >= 11 is 0. The number of alkyl halides is 3. The second-order valence-corrected chi connectivity index (χ2v) is 5.20. The van der Waals surface area contributed by atoms with E-state index >= 15 is 0 Å². The molecule has 0 saturated carbocycles. The van der Waals surface area contributed by atoms with Crippen LogP contribution in [0.15, 0.2) is 23.1 Å². The highest BCUT2D eigenvalue weighted by molar-refractivity contribution is 7.89. The van der Waals surface area contributed by atoms with Gasteiger partial charge in [0.1, 0.15) is 0 Å². The van der Waals surface area contributed by atoms with Crippen molar-refractivity contribution in [3.8, 4) is 6.07 Å². The summed E-state index contributed by atoms with van der Waals surface area (Å²) in [6.45, 7) is -0.303. The van der Waals surface area contributed by atoms with Crippen LogP contribution in [0.3, 0.4) is 0 Å². The molecule has 0 heterocycles. The van der Waals surface area contributed by atoms with Gasteiger partial charge < -0.3 is 0 Å². The Morgan fingerprint density at radius 3 is 2.58 bits per heavy atom. The van der Waals surface area contributed by atoms with Crippen molar-refractivity contribution in [3.05, 3.63) is 29.3 Å². The molecule has 0 spiro atoms. The molecule has 0 radical (unpaired) electrons. The molecular formula is C10H9F3N2O3S. The number of nitrogens with one attached hydrogen (secondary N) is 1. The molecule has 0 atom stereocenters. The molecule has 5 nitrogen and oxygen atoms in total. The van der Waals surface area contributed by atoms with Crippen LogP contribution in [0, 0.1) is 18.3 Å². The number of rotatable bonds is 4. The number of nitrogens with zero attached hydrogens (tertiary/aromatic N) is 1. The van der Waals surface area contributed by atoms with E-state index in [0.717, 1.165) is 6.07 Å². The van der Waals surface area contributed by atoms with Gasteiger partial charge in [-0.15, -0.1) is 0 Å². The predicted octanol–water partition coefficient (Wildman–Crippen LogP) is 1.64. The number of hydrogen-bond donors (Lipinski definition) is 1. The molecule has 0 amide bonds. The van der Waals surface area contributed by atoms with E-state index in [4.69, 9.17) is 5.26 Å². The minimum atomic E-state index is -4.65. The average molecular weight is 294 g/mol. The van der Waals surface area contributed by atoms with Gasteiger partial charge >= 0.3 is 6.18 Å². The Labute approximate surface area is 107 Å². The van der Waals surface area contributed by atoms with Gasteiger partial charge in [0.25, 0.3) is 10.0 Å². The summed E-state index contributed by atoms with van der Waals surface area (Å²) in [4.78, 5) is 4.96. The van der Waals surface area contributed by atoms with Gasteiger partial charge in [-0.2, -0.15) is 18.4 Å². The van der Waals surface area contributed by atoms with Crippen LogP contribution in [0.2, 0.25) is 0 Å². The Hall–Kier alpha value is -1.63.